The van der Waals surface area contributed by atoms with Crippen LogP contribution in [0, 0.1) is 38.0 Å². The van der Waals surface area contributed by atoms with Crippen molar-refractivity contribution in [1.82, 2.24) is 0 Å². The Morgan fingerprint density at radius 3 is 2.41 bits per heavy atom. The fraction of sp³-hybridized carbons (Fsp3) is 0.357. The molecule has 29 heavy (non-hydrogen) atoms. The molecule has 1 aromatic carbocycles. The number of hydrogen-bond acceptors (Lipinski definition) is 0. The fourth-order valence-electron chi connectivity index (χ4n) is 3.50. The Balaban J connectivity index is 0.00000204. The lowest BCUT2D eigenvalue weighted by molar-refractivity contribution is 0.361. The molecule has 0 spiro atoms. The van der Waals surface area contributed by atoms with Gasteiger partial charge in [0.2, 0.25) is 0 Å². The van der Waals surface area contributed by atoms with Crippen molar-refractivity contribution in [2.45, 2.75) is 52.9 Å². The Bertz CT molecular complexity index is 833. The number of hydrogen-bond donors (Lipinski definition) is 0. The van der Waals surface area contributed by atoms with Crippen molar-refractivity contribution in [3.63, 3.8) is 0 Å². The van der Waals surface area contributed by atoms with Crippen LogP contribution in [0.4, 0.5) is 0 Å². The molecular weight excluding hydrogens is 416 g/mol. The predicted molar refractivity (Wildman–Crippen MR) is 133 cm³/mol. The third kappa shape index (κ3) is 7.61. The summed E-state index contributed by atoms with van der Waals surface area (Å²) in [5, 5.41) is 0.822. The topological polar surface area (TPSA) is 0 Å². The molecular formula is C28H33Br. The van der Waals surface area contributed by atoms with Gasteiger partial charge in [0.15, 0.2) is 0 Å². The summed E-state index contributed by atoms with van der Waals surface area (Å²) in [6.07, 6.45) is 28.1. The molecule has 1 aliphatic carbocycles. The minimum atomic E-state index is 0.691. The summed E-state index contributed by atoms with van der Waals surface area (Å²) in [7, 11) is 0. The molecule has 1 saturated carbocycles. The van der Waals surface area contributed by atoms with Crippen LogP contribution in [-0.4, -0.2) is 5.33 Å². The summed E-state index contributed by atoms with van der Waals surface area (Å²) >= 11 is 3.54. The van der Waals surface area contributed by atoms with Gasteiger partial charge in [-0.1, -0.05) is 76.5 Å². The van der Waals surface area contributed by atoms with Crippen LogP contribution in [0.5, 0.6) is 0 Å². The Kier molecular flexibility index (Phi) is 11.9. The van der Waals surface area contributed by atoms with Gasteiger partial charge in [0, 0.05) is 11.8 Å². The minimum Gasteiger partial charge on any atom is -0.124 e. The molecule has 1 fully saturated rings. The number of benzene rings is 1. The quantitative estimate of drug-likeness (QED) is 0.216. The number of rotatable bonds is 8. The number of allylic oxidation sites excluding steroid dienone is 8. The Morgan fingerprint density at radius 1 is 1.21 bits per heavy atom. The summed E-state index contributed by atoms with van der Waals surface area (Å²) < 4.78 is 0. The van der Waals surface area contributed by atoms with Gasteiger partial charge in [-0.3, -0.25) is 0 Å². The van der Waals surface area contributed by atoms with Crippen LogP contribution in [-0.2, 0) is 6.42 Å². The zero-order valence-corrected chi connectivity index (χ0v) is 19.6. The molecule has 2 rings (SSSR count). The highest BCUT2D eigenvalue weighted by molar-refractivity contribution is 9.09. The molecule has 0 bridgehead atoms. The molecule has 0 aromatic heterocycles. The number of halogens is 1. The van der Waals surface area contributed by atoms with Gasteiger partial charge in [0.25, 0.3) is 0 Å². The molecule has 1 aliphatic rings. The van der Waals surface area contributed by atoms with E-state index < -0.39 is 0 Å². The van der Waals surface area contributed by atoms with Gasteiger partial charge in [-0.05, 0) is 73.8 Å². The van der Waals surface area contributed by atoms with E-state index in [4.69, 9.17) is 6.42 Å². The van der Waals surface area contributed by atoms with E-state index in [1.807, 2.05) is 0 Å². The van der Waals surface area contributed by atoms with Crippen LogP contribution in [0.15, 0.2) is 70.9 Å². The zero-order valence-electron chi connectivity index (χ0n) is 18.0. The van der Waals surface area contributed by atoms with Crippen LogP contribution in [0.3, 0.4) is 0 Å². The van der Waals surface area contributed by atoms with Crippen LogP contribution >= 0.6 is 15.9 Å². The molecule has 152 valence electrons. The summed E-state index contributed by atoms with van der Waals surface area (Å²) in [6, 6.07) is 8.78. The monoisotopic (exact) mass is 448 g/mol. The van der Waals surface area contributed by atoms with Gasteiger partial charge >= 0.3 is 0 Å². The molecule has 0 aliphatic heterocycles. The second kappa shape index (κ2) is 13.9. The third-order valence-electron chi connectivity index (χ3n) is 5.41. The molecule has 0 radical (unpaired) electrons. The van der Waals surface area contributed by atoms with Gasteiger partial charge in [-0.25, -0.2) is 0 Å². The van der Waals surface area contributed by atoms with E-state index in [1.54, 1.807) is 5.57 Å². The van der Waals surface area contributed by atoms with E-state index in [-0.39, 0.29) is 0 Å². The van der Waals surface area contributed by atoms with Crippen molar-refractivity contribution < 1.29 is 0 Å². The highest BCUT2D eigenvalue weighted by Gasteiger charge is 2.24. The molecule has 0 N–H and O–H groups in total. The van der Waals surface area contributed by atoms with Crippen molar-refractivity contribution in [1.29, 1.82) is 0 Å². The maximum atomic E-state index is 5.48. The standard InChI is InChI=1S/C26H31Br.C2H2/c1-5-10-22(19-27)17-16-21(4)25(11-6-2)26(23-14-9-15-23)18-24-13-8-7-12-20(24)3;1-2/h1,6-8,11-13,16-17,23H,9-10,14-15,18-19H2,2-4H3;1-2H/b11-6-,21-16+,22-17+,26-25-;. The number of aryl methyl sites for hydroxylation is 1. The Labute approximate surface area is 187 Å². The third-order valence-corrected chi connectivity index (χ3v) is 6.13. The zero-order chi connectivity index (χ0) is 21.6. The highest BCUT2D eigenvalue weighted by atomic mass is 79.9. The summed E-state index contributed by atoms with van der Waals surface area (Å²) in [5.41, 5.74) is 8.37. The average molecular weight is 449 g/mol. The Hall–Kier alpha value is -2.22. The number of terminal acetylenes is 2. The molecule has 0 nitrogen and oxygen atoms in total. The van der Waals surface area contributed by atoms with Crippen LogP contribution in [0.1, 0.15) is 50.7 Å². The van der Waals surface area contributed by atoms with E-state index >= 15 is 0 Å². The van der Waals surface area contributed by atoms with Gasteiger partial charge < -0.3 is 0 Å². The molecule has 0 saturated heterocycles. The molecule has 0 amide bonds. The first-order valence-corrected chi connectivity index (χ1v) is 11.3. The molecule has 1 aromatic rings. The summed E-state index contributed by atoms with van der Waals surface area (Å²) in [5.74, 6) is 3.45. The maximum Gasteiger partial charge on any atom is 0.0308 e. The van der Waals surface area contributed by atoms with Crippen molar-refractivity contribution in [2.24, 2.45) is 5.92 Å². The van der Waals surface area contributed by atoms with E-state index in [0.717, 1.165) is 11.8 Å². The second-order valence-electron chi connectivity index (χ2n) is 7.36. The average Bonchev–Trinajstić information content (AvgIpc) is 2.70. The van der Waals surface area contributed by atoms with Crippen molar-refractivity contribution in [2.75, 3.05) is 5.33 Å². The Morgan fingerprint density at radius 2 is 1.90 bits per heavy atom. The molecule has 0 heterocycles. The smallest absolute Gasteiger partial charge is 0.0308 e. The van der Waals surface area contributed by atoms with Crippen LogP contribution in [0.25, 0.3) is 0 Å². The summed E-state index contributed by atoms with van der Waals surface area (Å²) in [6.45, 7) is 6.55. The van der Waals surface area contributed by atoms with Crippen LogP contribution in [0.2, 0.25) is 0 Å². The van der Waals surface area contributed by atoms with Gasteiger partial charge in [-0.2, -0.15) is 0 Å². The first kappa shape index (κ1) is 24.8. The first-order valence-electron chi connectivity index (χ1n) is 10.2. The van der Waals surface area contributed by atoms with Gasteiger partial charge in [0.1, 0.15) is 0 Å². The summed E-state index contributed by atoms with van der Waals surface area (Å²) in [4.78, 5) is 0. The van der Waals surface area contributed by atoms with Gasteiger partial charge in [-0.15, -0.1) is 25.2 Å². The fourth-order valence-corrected chi connectivity index (χ4v) is 3.89. The normalized spacial score (nSPS) is 15.8. The lowest BCUT2D eigenvalue weighted by atomic mass is 9.74. The number of alkyl halides is 1. The van der Waals surface area contributed by atoms with E-state index in [2.05, 4.69) is 104 Å². The van der Waals surface area contributed by atoms with Crippen LogP contribution < -0.4 is 0 Å². The van der Waals surface area contributed by atoms with E-state index in [0.29, 0.717) is 12.3 Å². The lowest BCUT2D eigenvalue weighted by Crippen LogP contribution is -2.17. The minimum absolute atomic E-state index is 0.691. The van der Waals surface area contributed by atoms with Crippen molar-refractivity contribution in [3.05, 3.63) is 82.0 Å². The van der Waals surface area contributed by atoms with Crippen molar-refractivity contribution >= 4 is 15.9 Å². The molecule has 0 atom stereocenters. The SMILES string of the molecule is C#C.C#CC\C(=C/C=C(C)/C(/C=C\C)=C(/Cc1ccccc1C)C1CCC1)CBr. The first-order chi connectivity index (χ1) is 14.1. The molecule has 1 heteroatoms. The second-order valence-corrected chi connectivity index (χ2v) is 7.92. The van der Waals surface area contributed by atoms with Crippen molar-refractivity contribution in [3.8, 4) is 25.2 Å². The van der Waals surface area contributed by atoms with E-state index in [9.17, 15) is 0 Å². The highest BCUT2D eigenvalue weighted by Crippen LogP contribution is 2.38. The van der Waals surface area contributed by atoms with E-state index in [1.165, 1.54) is 47.1 Å². The maximum absolute atomic E-state index is 5.48. The van der Waals surface area contributed by atoms with Gasteiger partial charge in [0.05, 0.1) is 0 Å². The predicted octanol–water partition coefficient (Wildman–Crippen LogP) is 7.75. The molecule has 0 unspecified atom stereocenters. The lowest BCUT2D eigenvalue weighted by Gasteiger charge is -2.31. The largest absolute Gasteiger partial charge is 0.124 e.